The zero-order valence-corrected chi connectivity index (χ0v) is 13.1. The quantitative estimate of drug-likeness (QED) is 0.849. The van der Waals surface area contributed by atoms with E-state index >= 15 is 0 Å². The highest BCUT2D eigenvalue weighted by Crippen LogP contribution is 2.27. The van der Waals surface area contributed by atoms with Crippen LogP contribution in [0.25, 0.3) is 0 Å². The highest BCUT2D eigenvalue weighted by molar-refractivity contribution is 6.32. The minimum Gasteiger partial charge on any atom is -0.495 e. The Morgan fingerprint density at radius 1 is 1.17 bits per heavy atom. The van der Waals surface area contributed by atoms with Crippen LogP contribution in [0.3, 0.4) is 0 Å². The van der Waals surface area contributed by atoms with E-state index in [0.29, 0.717) is 27.8 Å². The largest absolute Gasteiger partial charge is 0.495 e. The van der Waals surface area contributed by atoms with Crippen molar-refractivity contribution < 1.29 is 19.1 Å². The topological polar surface area (TPSA) is 90.7 Å². The first-order chi connectivity index (χ1) is 11.0. The number of hydrogen-bond acceptors (Lipinski definition) is 4. The van der Waals surface area contributed by atoms with E-state index in [1.807, 2.05) is 0 Å². The second-order valence-corrected chi connectivity index (χ2v) is 4.98. The van der Waals surface area contributed by atoms with Crippen LogP contribution in [0.15, 0.2) is 42.5 Å². The fourth-order valence-corrected chi connectivity index (χ4v) is 2.06. The summed E-state index contributed by atoms with van der Waals surface area (Å²) in [6.07, 6.45) is 0. The van der Waals surface area contributed by atoms with Crippen LogP contribution in [0, 0.1) is 0 Å². The van der Waals surface area contributed by atoms with Crippen LogP contribution >= 0.6 is 11.6 Å². The molecule has 0 radical (unpaired) electrons. The van der Waals surface area contributed by atoms with E-state index in [-0.39, 0.29) is 12.5 Å². The minimum absolute atomic E-state index is 0.181. The number of hydrogen-bond donors (Lipinski definition) is 2. The molecule has 7 heteroatoms. The van der Waals surface area contributed by atoms with E-state index < -0.39 is 5.91 Å². The molecule has 0 bridgehead atoms. The molecule has 2 amide bonds. The van der Waals surface area contributed by atoms with Crippen molar-refractivity contribution >= 4 is 29.1 Å². The third-order valence-corrected chi connectivity index (χ3v) is 3.24. The van der Waals surface area contributed by atoms with Crippen molar-refractivity contribution in [2.24, 2.45) is 5.73 Å². The number of halogens is 1. The molecular weight excluding hydrogens is 320 g/mol. The first kappa shape index (κ1) is 16.6. The van der Waals surface area contributed by atoms with Crippen molar-refractivity contribution in [3.8, 4) is 11.5 Å². The highest BCUT2D eigenvalue weighted by atomic mass is 35.5. The number of methoxy groups -OCH3 is 1. The molecule has 3 N–H and O–H groups in total. The van der Waals surface area contributed by atoms with Gasteiger partial charge in [-0.3, -0.25) is 9.59 Å². The molecule has 0 saturated carbocycles. The fourth-order valence-electron chi connectivity index (χ4n) is 1.81. The summed E-state index contributed by atoms with van der Waals surface area (Å²) in [6, 6.07) is 11.1. The van der Waals surface area contributed by atoms with Gasteiger partial charge in [0.15, 0.2) is 6.61 Å². The zero-order chi connectivity index (χ0) is 16.8. The van der Waals surface area contributed by atoms with Crippen LogP contribution < -0.4 is 20.5 Å². The molecule has 0 unspecified atom stereocenters. The van der Waals surface area contributed by atoms with E-state index in [4.69, 9.17) is 26.8 Å². The lowest BCUT2D eigenvalue weighted by Crippen LogP contribution is -2.20. The van der Waals surface area contributed by atoms with Gasteiger partial charge in [0.1, 0.15) is 11.5 Å². The van der Waals surface area contributed by atoms with Gasteiger partial charge in [-0.15, -0.1) is 0 Å². The number of carbonyl (C=O) groups is 2. The lowest BCUT2D eigenvalue weighted by atomic mass is 10.2. The standard InChI is InChI=1S/C16H15ClN2O4/c1-22-14-7-4-11(8-13(14)17)19-15(20)9-23-12-5-2-10(3-6-12)16(18)21/h2-8H,9H2,1H3,(H2,18,21)(H,19,20). The molecular formula is C16H15ClN2O4. The summed E-state index contributed by atoms with van der Waals surface area (Å²) < 4.78 is 10.4. The highest BCUT2D eigenvalue weighted by Gasteiger charge is 2.07. The minimum atomic E-state index is -0.523. The summed E-state index contributed by atoms with van der Waals surface area (Å²) in [5.41, 5.74) is 6.05. The maximum Gasteiger partial charge on any atom is 0.262 e. The number of benzene rings is 2. The zero-order valence-electron chi connectivity index (χ0n) is 12.3. The molecule has 0 aromatic heterocycles. The van der Waals surface area contributed by atoms with E-state index in [1.165, 1.54) is 19.2 Å². The fraction of sp³-hybridized carbons (Fsp3) is 0.125. The number of nitrogens with one attached hydrogen (secondary N) is 1. The molecule has 6 nitrogen and oxygen atoms in total. The number of anilines is 1. The second-order valence-electron chi connectivity index (χ2n) is 4.57. The van der Waals surface area contributed by atoms with Crippen molar-refractivity contribution in [3.05, 3.63) is 53.1 Å². The maximum absolute atomic E-state index is 11.8. The van der Waals surface area contributed by atoms with Crippen LogP contribution in [-0.2, 0) is 4.79 Å². The van der Waals surface area contributed by atoms with Crippen LogP contribution in [0.1, 0.15) is 10.4 Å². The van der Waals surface area contributed by atoms with Gasteiger partial charge in [0.2, 0.25) is 5.91 Å². The molecule has 0 saturated heterocycles. The Kier molecular flexibility index (Phi) is 5.43. The average molecular weight is 335 g/mol. The Hall–Kier alpha value is -2.73. The Balaban J connectivity index is 1.89. The van der Waals surface area contributed by atoms with Gasteiger partial charge in [0.25, 0.3) is 5.91 Å². The molecule has 0 fully saturated rings. The van der Waals surface area contributed by atoms with Gasteiger partial charge in [-0.2, -0.15) is 0 Å². The van der Waals surface area contributed by atoms with Crippen LogP contribution in [0.4, 0.5) is 5.69 Å². The summed E-state index contributed by atoms with van der Waals surface area (Å²) in [5, 5.41) is 3.05. The van der Waals surface area contributed by atoms with Crippen molar-refractivity contribution in [2.75, 3.05) is 19.0 Å². The van der Waals surface area contributed by atoms with Gasteiger partial charge in [0, 0.05) is 11.3 Å². The van der Waals surface area contributed by atoms with Gasteiger partial charge in [-0.1, -0.05) is 11.6 Å². The van der Waals surface area contributed by atoms with Gasteiger partial charge in [-0.05, 0) is 42.5 Å². The second kappa shape index (κ2) is 7.51. The maximum atomic E-state index is 11.8. The van der Waals surface area contributed by atoms with Crippen molar-refractivity contribution in [1.82, 2.24) is 0 Å². The lowest BCUT2D eigenvalue weighted by molar-refractivity contribution is -0.118. The third-order valence-electron chi connectivity index (χ3n) is 2.94. The molecule has 0 aliphatic carbocycles. The van der Waals surface area contributed by atoms with Crippen molar-refractivity contribution in [1.29, 1.82) is 0 Å². The molecule has 0 aliphatic rings. The molecule has 0 heterocycles. The Labute approximate surface area is 138 Å². The Bertz CT molecular complexity index is 717. The van der Waals surface area contributed by atoms with E-state index in [1.54, 1.807) is 30.3 Å². The number of primary amides is 1. The lowest BCUT2D eigenvalue weighted by Gasteiger charge is -2.09. The number of amides is 2. The van der Waals surface area contributed by atoms with Crippen LogP contribution in [0.5, 0.6) is 11.5 Å². The van der Waals surface area contributed by atoms with E-state index in [9.17, 15) is 9.59 Å². The van der Waals surface area contributed by atoms with Gasteiger partial charge < -0.3 is 20.5 Å². The predicted molar refractivity (Wildman–Crippen MR) is 87.1 cm³/mol. The summed E-state index contributed by atoms with van der Waals surface area (Å²) in [5.74, 6) is 0.115. The Morgan fingerprint density at radius 2 is 1.87 bits per heavy atom. The first-order valence-electron chi connectivity index (χ1n) is 6.65. The predicted octanol–water partition coefficient (Wildman–Crippen LogP) is 2.47. The first-order valence-corrected chi connectivity index (χ1v) is 7.03. The molecule has 120 valence electrons. The summed E-state index contributed by atoms with van der Waals surface area (Å²) in [6.45, 7) is -0.181. The van der Waals surface area contributed by atoms with E-state index in [2.05, 4.69) is 5.32 Å². The van der Waals surface area contributed by atoms with Crippen molar-refractivity contribution in [2.45, 2.75) is 0 Å². The molecule has 2 aromatic carbocycles. The van der Waals surface area contributed by atoms with Gasteiger partial charge in [-0.25, -0.2) is 0 Å². The van der Waals surface area contributed by atoms with Crippen molar-refractivity contribution in [3.63, 3.8) is 0 Å². The number of carbonyl (C=O) groups excluding carboxylic acids is 2. The molecule has 2 aromatic rings. The smallest absolute Gasteiger partial charge is 0.262 e. The number of rotatable bonds is 6. The molecule has 0 aliphatic heterocycles. The monoisotopic (exact) mass is 334 g/mol. The van der Waals surface area contributed by atoms with Crippen LogP contribution in [-0.4, -0.2) is 25.5 Å². The molecule has 23 heavy (non-hydrogen) atoms. The summed E-state index contributed by atoms with van der Waals surface area (Å²) >= 11 is 5.98. The normalized spacial score (nSPS) is 10.0. The molecule has 0 atom stereocenters. The molecule has 0 spiro atoms. The average Bonchev–Trinajstić information content (AvgIpc) is 2.53. The number of ether oxygens (including phenoxy) is 2. The summed E-state index contributed by atoms with van der Waals surface area (Å²) in [4.78, 5) is 22.8. The third kappa shape index (κ3) is 4.62. The Morgan fingerprint density at radius 3 is 2.43 bits per heavy atom. The van der Waals surface area contributed by atoms with Gasteiger partial charge in [0.05, 0.1) is 12.1 Å². The van der Waals surface area contributed by atoms with Gasteiger partial charge >= 0.3 is 0 Å². The summed E-state index contributed by atoms with van der Waals surface area (Å²) in [7, 11) is 1.51. The SMILES string of the molecule is COc1ccc(NC(=O)COc2ccc(C(N)=O)cc2)cc1Cl. The van der Waals surface area contributed by atoms with E-state index in [0.717, 1.165) is 0 Å². The van der Waals surface area contributed by atoms with Crippen LogP contribution in [0.2, 0.25) is 5.02 Å². The molecule has 2 rings (SSSR count). The number of nitrogens with two attached hydrogens (primary N) is 1.